The number of hydrogen-bond donors (Lipinski definition) is 2. The van der Waals surface area contributed by atoms with Crippen molar-refractivity contribution in [3.63, 3.8) is 0 Å². The van der Waals surface area contributed by atoms with Gasteiger partial charge in [-0.2, -0.15) is 0 Å². The highest BCUT2D eigenvalue weighted by Crippen LogP contribution is 2.29. The van der Waals surface area contributed by atoms with Crippen molar-refractivity contribution < 1.29 is 9.90 Å². The summed E-state index contributed by atoms with van der Waals surface area (Å²) in [4.78, 5) is 23.4. The van der Waals surface area contributed by atoms with E-state index in [-0.39, 0.29) is 5.56 Å². The van der Waals surface area contributed by atoms with Gasteiger partial charge in [0.2, 0.25) is 5.95 Å². The van der Waals surface area contributed by atoms with Crippen LogP contribution in [0, 0.1) is 6.92 Å². The molecule has 0 aliphatic rings. The van der Waals surface area contributed by atoms with E-state index in [0.717, 1.165) is 10.2 Å². The normalized spacial score (nSPS) is 10.8. The SMILES string of the molecule is Cc1nc(Nc2nc3ccc(Cl)cc3s2)ncc1C(=O)O. The highest BCUT2D eigenvalue weighted by molar-refractivity contribution is 7.22. The van der Waals surface area contributed by atoms with Crippen molar-refractivity contribution in [2.75, 3.05) is 5.32 Å². The van der Waals surface area contributed by atoms with Crippen LogP contribution in [0.15, 0.2) is 24.4 Å². The Morgan fingerprint density at radius 1 is 1.38 bits per heavy atom. The second-order valence-electron chi connectivity index (χ2n) is 4.25. The predicted molar refractivity (Wildman–Crippen MR) is 81.6 cm³/mol. The van der Waals surface area contributed by atoms with Crippen LogP contribution in [-0.2, 0) is 0 Å². The zero-order valence-electron chi connectivity index (χ0n) is 10.8. The fraction of sp³-hybridized carbons (Fsp3) is 0.0769. The van der Waals surface area contributed by atoms with Crippen molar-refractivity contribution in [1.82, 2.24) is 15.0 Å². The van der Waals surface area contributed by atoms with Gasteiger partial charge in [0.25, 0.3) is 0 Å². The van der Waals surface area contributed by atoms with Crippen molar-refractivity contribution in [3.05, 3.63) is 40.7 Å². The van der Waals surface area contributed by atoms with Gasteiger partial charge in [-0.05, 0) is 25.1 Å². The molecule has 0 spiro atoms. The van der Waals surface area contributed by atoms with Crippen LogP contribution in [0.5, 0.6) is 0 Å². The third kappa shape index (κ3) is 2.79. The van der Waals surface area contributed by atoms with Gasteiger partial charge >= 0.3 is 5.97 Å². The van der Waals surface area contributed by atoms with E-state index >= 15 is 0 Å². The highest BCUT2D eigenvalue weighted by atomic mass is 35.5. The predicted octanol–water partition coefficient (Wildman–Crippen LogP) is 3.49. The molecule has 2 aromatic heterocycles. The molecule has 1 aromatic carbocycles. The lowest BCUT2D eigenvalue weighted by atomic mass is 10.2. The second kappa shape index (κ2) is 5.27. The fourth-order valence-electron chi connectivity index (χ4n) is 1.78. The van der Waals surface area contributed by atoms with E-state index in [0.29, 0.717) is 21.8 Å². The molecule has 3 aromatic rings. The number of halogens is 1. The molecule has 3 rings (SSSR count). The van der Waals surface area contributed by atoms with Gasteiger partial charge in [-0.15, -0.1) is 0 Å². The molecule has 0 aliphatic carbocycles. The molecule has 0 saturated heterocycles. The van der Waals surface area contributed by atoms with E-state index in [1.54, 1.807) is 13.0 Å². The summed E-state index contributed by atoms with van der Waals surface area (Å²) in [7, 11) is 0. The molecule has 0 aliphatic heterocycles. The monoisotopic (exact) mass is 320 g/mol. The Morgan fingerprint density at radius 2 is 2.19 bits per heavy atom. The van der Waals surface area contributed by atoms with Gasteiger partial charge in [0, 0.05) is 11.2 Å². The molecule has 21 heavy (non-hydrogen) atoms. The number of fused-ring (bicyclic) bond motifs is 1. The first-order valence-corrected chi connectivity index (χ1v) is 7.12. The summed E-state index contributed by atoms with van der Waals surface area (Å²) in [5.41, 5.74) is 1.30. The Balaban J connectivity index is 1.91. The number of thiazole rings is 1. The van der Waals surface area contributed by atoms with Crippen molar-refractivity contribution >= 4 is 50.2 Å². The minimum atomic E-state index is -1.05. The standard InChI is InChI=1S/C13H9ClN4O2S/c1-6-8(11(19)20)5-15-12(16-6)18-13-17-9-3-2-7(14)4-10(9)21-13/h2-5H,1H3,(H,19,20)(H,15,16,17,18). The van der Waals surface area contributed by atoms with Crippen molar-refractivity contribution in [2.24, 2.45) is 0 Å². The van der Waals surface area contributed by atoms with E-state index in [4.69, 9.17) is 16.7 Å². The lowest BCUT2D eigenvalue weighted by molar-refractivity contribution is 0.0695. The van der Waals surface area contributed by atoms with E-state index < -0.39 is 5.97 Å². The molecule has 8 heteroatoms. The van der Waals surface area contributed by atoms with Gasteiger partial charge in [-0.25, -0.2) is 19.7 Å². The highest BCUT2D eigenvalue weighted by Gasteiger charge is 2.11. The number of aromatic nitrogens is 3. The molecule has 0 bridgehead atoms. The third-order valence-corrected chi connectivity index (χ3v) is 3.95. The molecule has 6 nitrogen and oxygen atoms in total. The third-order valence-electron chi connectivity index (χ3n) is 2.78. The molecule has 0 radical (unpaired) electrons. The number of nitrogens with one attached hydrogen (secondary N) is 1. The van der Waals surface area contributed by atoms with E-state index in [2.05, 4.69) is 20.3 Å². The average molecular weight is 321 g/mol. The molecule has 0 fully saturated rings. The molecular formula is C13H9ClN4O2S. The zero-order valence-corrected chi connectivity index (χ0v) is 12.4. The second-order valence-corrected chi connectivity index (χ2v) is 5.72. The first-order valence-electron chi connectivity index (χ1n) is 5.93. The van der Waals surface area contributed by atoms with Crippen LogP contribution in [0.25, 0.3) is 10.2 Å². The fourth-order valence-corrected chi connectivity index (χ4v) is 2.92. The Bertz CT molecular complexity index is 849. The maximum absolute atomic E-state index is 10.9. The summed E-state index contributed by atoms with van der Waals surface area (Å²) in [5, 5.41) is 13.2. The van der Waals surface area contributed by atoms with Crippen LogP contribution in [-0.4, -0.2) is 26.0 Å². The average Bonchev–Trinajstić information content (AvgIpc) is 2.79. The zero-order chi connectivity index (χ0) is 15.0. The molecule has 2 N–H and O–H groups in total. The van der Waals surface area contributed by atoms with Crippen LogP contribution in [0.2, 0.25) is 5.02 Å². The number of anilines is 2. The summed E-state index contributed by atoms with van der Waals surface area (Å²) in [6, 6.07) is 5.44. The van der Waals surface area contributed by atoms with Gasteiger partial charge in [0.1, 0.15) is 0 Å². The Morgan fingerprint density at radius 3 is 2.90 bits per heavy atom. The summed E-state index contributed by atoms with van der Waals surface area (Å²) >= 11 is 7.35. The number of rotatable bonds is 3. The number of aryl methyl sites for hydroxylation is 1. The van der Waals surface area contributed by atoms with Gasteiger partial charge in [0.15, 0.2) is 5.13 Å². The minimum Gasteiger partial charge on any atom is -0.478 e. The topological polar surface area (TPSA) is 88.0 Å². The molecular weight excluding hydrogens is 312 g/mol. The number of nitrogens with zero attached hydrogens (tertiary/aromatic N) is 3. The van der Waals surface area contributed by atoms with Crippen molar-refractivity contribution in [3.8, 4) is 0 Å². The largest absolute Gasteiger partial charge is 0.478 e. The van der Waals surface area contributed by atoms with Crippen LogP contribution in [0.3, 0.4) is 0 Å². The molecule has 0 unspecified atom stereocenters. The minimum absolute atomic E-state index is 0.0802. The van der Waals surface area contributed by atoms with E-state index in [9.17, 15) is 4.79 Å². The number of carboxylic acids is 1. The molecule has 0 saturated carbocycles. The number of hydrogen-bond acceptors (Lipinski definition) is 6. The van der Waals surface area contributed by atoms with Gasteiger partial charge in [-0.3, -0.25) is 0 Å². The molecule has 0 atom stereocenters. The van der Waals surface area contributed by atoms with Gasteiger partial charge in [0.05, 0.1) is 21.5 Å². The summed E-state index contributed by atoms with van der Waals surface area (Å²) in [5.74, 6) is -0.740. The van der Waals surface area contributed by atoms with Gasteiger partial charge in [-0.1, -0.05) is 22.9 Å². The van der Waals surface area contributed by atoms with Crippen molar-refractivity contribution in [2.45, 2.75) is 6.92 Å². The number of carbonyl (C=O) groups is 1. The molecule has 0 amide bonds. The first kappa shape index (κ1) is 13.7. The van der Waals surface area contributed by atoms with Crippen LogP contribution >= 0.6 is 22.9 Å². The number of aromatic carboxylic acids is 1. The molecule has 2 heterocycles. The maximum atomic E-state index is 10.9. The number of carboxylic acid groups (broad SMARTS) is 1. The smallest absolute Gasteiger partial charge is 0.339 e. The number of benzene rings is 1. The summed E-state index contributed by atoms with van der Waals surface area (Å²) in [6.07, 6.45) is 1.27. The first-order chi connectivity index (χ1) is 10.0. The van der Waals surface area contributed by atoms with Crippen LogP contribution < -0.4 is 5.32 Å². The maximum Gasteiger partial charge on any atom is 0.339 e. The van der Waals surface area contributed by atoms with Gasteiger partial charge < -0.3 is 10.4 Å². The van der Waals surface area contributed by atoms with Crippen LogP contribution in [0.4, 0.5) is 11.1 Å². The van der Waals surface area contributed by atoms with E-state index in [1.807, 2.05) is 12.1 Å². The summed E-state index contributed by atoms with van der Waals surface area (Å²) < 4.78 is 0.948. The Kier molecular flexibility index (Phi) is 3.44. The lowest BCUT2D eigenvalue weighted by Gasteiger charge is -2.03. The van der Waals surface area contributed by atoms with Crippen LogP contribution in [0.1, 0.15) is 16.1 Å². The quantitative estimate of drug-likeness (QED) is 0.768. The van der Waals surface area contributed by atoms with Crippen molar-refractivity contribution in [1.29, 1.82) is 0 Å². The van der Waals surface area contributed by atoms with E-state index in [1.165, 1.54) is 17.5 Å². The molecule has 106 valence electrons. The summed E-state index contributed by atoms with van der Waals surface area (Å²) in [6.45, 7) is 1.62. The Hall–Kier alpha value is -2.25. The Labute approximate surface area is 128 Å². The lowest BCUT2D eigenvalue weighted by Crippen LogP contribution is -2.05.